The van der Waals surface area contributed by atoms with E-state index in [0.717, 1.165) is 74.2 Å². The lowest BCUT2D eigenvalue weighted by molar-refractivity contribution is -0.202. The van der Waals surface area contributed by atoms with E-state index in [4.69, 9.17) is 28.9 Å². The minimum Gasteiger partial charge on any atom is -0.496 e. The van der Waals surface area contributed by atoms with E-state index in [1.54, 1.807) is 23.6 Å². The Labute approximate surface area is 514 Å². The van der Waals surface area contributed by atoms with Crippen LogP contribution in [-0.2, 0) is 54.2 Å². The number of aliphatic hydroxyl groups excluding tert-OH is 1. The van der Waals surface area contributed by atoms with Crippen LogP contribution in [0.4, 0.5) is 5.69 Å². The number of methoxy groups -OCH3 is 2. The lowest BCUT2D eigenvalue weighted by atomic mass is 9.47. The third-order valence-electron chi connectivity index (χ3n) is 20.8. The first kappa shape index (κ1) is 62.8. The maximum atomic E-state index is 15.6. The number of ketones is 1. The number of hydrogen-bond donors (Lipinski definition) is 4. The highest BCUT2D eigenvalue weighted by Crippen LogP contribution is 2.68. The molecule has 5 aliphatic heterocycles. The fraction of sp³-hybridized carbons (Fsp3) is 0.631. The van der Waals surface area contributed by atoms with Crippen molar-refractivity contribution in [2.75, 3.05) is 84.1 Å². The Morgan fingerprint density at radius 3 is 2.45 bits per heavy atom. The monoisotopic (exact) mass is 1230 g/mol. The van der Waals surface area contributed by atoms with Gasteiger partial charge in [0.15, 0.2) is 16.5 Å². The number of rotatable bonds is 24. The van der Waals surface area contributed by atoms with Crippen LogP contribution in [0, 0.1) is 11.3 Å². The Morgan fingerprint density at radius 2 is 1.71 bits per heavy atom. The number of unbranched alkanes of at least 4 members (excludes halogenated alkanes) is 1. The van der Waals surface area contributed by atoms with Crippen LogP contribution in [0.2, 0.25) is 37.9 Å². The summed E-state index contributed by atoms with van der Waals surface area (Å²) in [5.41, 5.74) is 1.79. The zero-order chi connectivity index (χ0) is 61.0. The van der Waals surface area contributed by atoms with Crippen LogP contribution < -0.4 is 9.64 Å². The van der Waals surface area contributed by atoms with E-state index in [0.29, 0.717) is 115 Å². The fourth-order valence-electron chi connectivity index (χ4n) is 17.5. The van der Waals surface area contributed by atoms with Crippen molar-refractivity contribution in [1.29, 1.82) is 0 Å². The normalized spacial score (nSPS) is 29.6. The number of likely N-dealkylation sites (N-methyl/N-ethyl adjacent to an activating group) is 1. The Balaban J connectivity index is 0.846. The van der Waals surface area contributed by atoms with Gasteiger partial charge in [-0.2, -0.15) is 0 Å². The molecule has 1 unspecified atom stereocenters. The smallest absolute Gasteiger partial charge is 0.322 e. The second-order valence-electron chi connectivity index (χ2n) is 27.6. The summed E-state index contributed by atoms with van der Waals surface area (Å²) in [6, 6.07) is 12.4. The van der Waals surface area contributed by atoms with Crippen molar-refractivity contribution in [3.63, 3.8) is 0 Å². The minimum atomic E-state index is -2.15. The Morgan fingerprint density at radius 1 is 0.930 bits per heavy atom. The molecule has 3 aromatic heterocycles. The molecule has 2 bridgehead atoms. The van der Waals surface area contributed by atoms with Gasteiger partial charge < -0.3 is 44.2 Å². The first-order valence-corrected chi connectivity index (χ1v) is 39.4. The highest BCUT2D eigenvalue weighted by atomic mass is 32.2. The minimum absolute atomic E-state index is 0.0935. The van der Waals surface area contributed by atoms with Gasteiger partial charge in [-0.3, -0.25) is 19.4 Å². The first-order valence-electron chi connectivity index (χ1n) is 31.6. The van der Waals surface area contributed by atoms with Crippen LogP contribution in [0.5, 0.6) is 5.75 Å². The van der Waals surface area contributed by atoms with Crippen LogP contribution >= 0.6 is 11.8 Å². The molecule has 466 valence electrons. The van der Waals surface area contributed by atoms with Crippen LogP contribution in [0.15, 0.2) is 72.3 Å². The van der Waals surface area contributed by atoms with Gasteiger partial charge in [0.1, 0.15) is 23.0 Å². The van der Waals surface area contributed by atoms with Crippen LogP contribution in [0.3, 0.4) is 0 Å². The average Bonchev–Trinajstić information content (AvgIpc) is 1.46. The number of aromatic nitrogens is 6. The van der Waals surface area contributed by atoms with Gasteiger partial charge in [-0.1, -0.05) is 105 Å². The highest BCUT2D eigenvalue weighted by Gasteiger charge is 2.78. The number of carbonyl (C=O) groups excluding carboxylic acids is 2. The number of carbonyl (C=O) groups is 2. The van der Waals surface area contributed by atoms with Crippen molar-refractivity contribution in [3.05, 3.63) is 101 Å². The zero-order valence-corrected chi connectivity index (χ0v) is 55.3. The molecule has 2 aromatic carbocycles. The van der Waals surface area contributed by atoms with E-state index in [1.165, 1.54) is 12.8 Å². The predicted octanol–water partition coefficient (Wildman–Crippen LogP) is 8.26. The molecule has 6 aliphatic rings. The number of H-pyrrole nitrogens is 1. The van der Waals surface area contributed by atoms with Crippen molar-refractivity contribution in [3.8, 4) is 5.75 Å². The number of aromatic amines is 1. The standard InChI is InChI=1S/C65H93N9O9SSi2/c1-11-61(78)33-44-34-64(59(77)81-6,55-48(22-26-72(37-44)41-61)47-19-14-15-20-51(47)68-55)50-31-49-52(32-53(50)80-5)71(4)57-63(49)24-27-73-25-18-23-62(12-2,56(63)73)58(76)65(57,79)54(75)21-16-17-30-85(7,8)43-86(9,10)42-84-60-66-35-45(36-67-60)38-74-39-46(69-70-74)40-83-29-28-82-13-3/h14-15,18-20,23,31-32,35-36,39,44,56-58,68,76,78-79H,11-13,16-17,21-22,24-30,33-34,37-38,40-43H2,1-10H3/t44-,56-,57+,58+,61-,62+,63+,64-,65-/m0/s1. The largest absolute Gasteiger partial charge is 0.496 e. The number of nitrogens with zero attached hydrogens (tertiary/aromatic N) is 8. The molecule has 0 amide bonds. The molecule has 0 radical (unpaired) electrons. The molecule has 18 nitrogen and oxygen atoms in total. The molecule has 1 aliphatic carbocycles. The maximum Gasteiger partial charge on any atom is 0.322 e. The molecule has 3 fully saturated rings. The number of aliphatic hydroxyl groups is 3. The lowest BCUT2D eigenvalue weighted by Gasteiger charge is -2.63. The van der Waals surface area contributed by atoms with Gasteiger partial charge in [0.2, 0.25) is 0 Å². The molecular formula is C65H93N9O9SSi2. The first-order chi connectivity index (χ1) is 41.1. The van der Waals surface area contributed by atoms with E-state index >= 15 is 9.59 Å². The summed E-state index contributed by atoms with van der Waals surface area (Å²) in [5, 5.41) is 50.6. The maximum absolute atomic E-state index is 15.6. The van der Waals surface area contributed by atoms with Gasteiger partial charge in [-0.15, -0.1) is 5.10 Å². The van der Waals surface area contributed by atoms with Gasteiger partial charge in [-0.25, -0.2) is 14.6 Å². The molecule has 8 heterocycles. The second kappa shape index (κ2) is 24.5. The van der Waals surface area contributed by atoms with E-state index in [2.05, 4.69) is 93.5 Å². The molecule has 21 heteroatoms. The number of Topliss-reactive ketones (excluding diaryl/α,β-unsaturated/α-hetero) is 1. The molecule has 1 saturated carbocycles. The number of benzene rings is 2. The molecule has 11 rings (SSSR count). The highest BCUT2D eigenvalue weighted by molar-refractivity contribution is 8.00. The quantitative estimate of drug-likeness (QED) is 0.0114. The van der Waals surface area contributed by atoms with E-state index in [-0.39, 0.29) is 24.2 Å². The summed E-state index contributed by atoms with van der Waals surface area (Å²) in [4.78, 5) is 51.5. The lowest BCUT2D eigenvalue weighted by Crippen LogP contribution is -2.80. The number of thioether (sulfide) groups is 1. The summed E-state index contributed by atoms with van der Waals surface area (Å²) in [5.74, 6) is -0.325. The SMILES string of the molecule is CCOCCOCc1cn(Cc2cnc(SC[Si](C)(C)C[Si](C)(C)CCCCC(=O)[C@@]3(O)[C@H](O)[C@]4(CC)C=CCN5CC[C@@]6(c7cc([C@@]8(C(=O)OC)C[C@H]9CN(CCc%10c8[nH]c8ccccc%108)C[C@](O)(CC)C9)c(OC)cc7N(C)[C@@H]36)[C@@H]54)nc2)nn1. The summed E-state index contributed by atoms with van der Waals surface area (Å²) in [6.45, 7) is 22.0. The number of piperidine rings is 1. The molecule has 2 saturated heterocycles. The van der Waals surface area contributed by atoms with Gasteiger partial charge in [0.05, 0.1) is 66.5 Å². The van der Waals surface area contributed by atoms with E-state index < -0.39 is 61.7 Å². The number of para-hydroxylation sites is 1. The van der Waals surface area contributed by atoms with Gasteiger partial charge in [0, 0.05) is 123 Å². The molecule has 86 heavy (non-hydrogen) atoms. The van der Waals surface area contributed by atoms with Crippen LogP contribution in [-0.4, -0.2) is 192 Å². The van der Waals surface area contributed by atoms with E-state index in [1.807, 2.05) is 57.7 Å². The topological polar surface area (TPSA) is 214 Å². The van der Waals surface area contributed by atoms with Crippen molar-refractivity contribution < 1.29 is 43.9 Å². The van der Waals surface area contributed by atoms with Crippen molar-refractivity contribution in [2.45, 2.75) is 175 Å². The average molecular weight is 1230 g/mol. The zero-order valence-electron chi connectivity index (χ0n) is 52.5. The number of hydrogen-bond acceptors (Lipinski definition) is 17. The molecule has 4 N–H and O–H groups in total. The van der Waals surface area contributed by atoms with Crippen molar-refractivity contribution >= 4 is 56.3 Å². The van der Waals surface area contributed by atoms with Gasteiger partial charge in [-0.05, 0) is 93.0 Å². The molecular weight excluding hydrogens is 1140 g/mol. The number of ether oxygens (including phenoxy) is 4. The summed E-state index contributed by atoms with van der Waals surface area (Å²) < 4.78 is 25.3. The Hall–Kier alpha value is -4.82. The molecule has 1 spiro atoms. The van der Waals surface area contributed by atoms with E-state index in [9.17, 15) is 15.3 Å². The summed E-state index contributed by atoms with van der Waals surface area (Å²) in [7, 11) is 1.62. The van der Waals surface area contributed by atoms with Crippen molar-refractivity contribution in [1.82, 2.24) is 39.7 Å². The Kier molecular flexibility index (Phi) is 17.9. The summed E-state index contributed by atoms with van der Waals surface area (Å²) >= 11 is 1.74. The van der Waals surface area contributed by atoms with Crippen LogP contribution in [0.1, 0.15) is 106 Å². The fourth-order valence-corrected chi connectivity index (χ4v) is 33.4. The third kappa shape index (κ3) is 11.1. The predicted molar refractivity (Wildman–Crippen MR) is 340 cm³/mol. The Bertz CT molecular complexity index is 3310. The third-order valence-corrected chi connectivity index (χ3v) is 34.3. The van der Waals surface area contributed by atoms with Crippen molar-refractivity contribution in [2.24, 2.45) is 11.3 Å². The number of esters is 1. The number of nitrogens with one attached hydrogen (secondary N) is 1. The number of anilines is 1. The van der Waals surface area contributed by atoms with Gasteiger partial charge in [0.25, 0.3) is 0 Å². The number of fused-ring (bicyclic) bond motifs is 6. The molecule has 10 atom stereocenters. The molecule has 5 aromatic rings. The van der Waals surface area contributed by atoms with Crippen LogP contribution in [0.25, 0.3) is 10.9 Å². The second-order valence-corrected chi connectivity index (χ2v) is 40.0. The van der Waals surface area contributed by atoms with Gasteiger partial charge >= 0.3 is 5.97 Å². The summed E-state index contributed by atoms with van der Waals surface area (Å²) in [6.07, 6.45) is 13.3.